The maximum absolute atomic E-state index is 14.2. The normalized spacial score (nSPS) is 18.0. The van der Waals surface area contributed by atoms with E-state index in [0.717, 1.165) is 0 Å². The van der Waals surface area contributed by atoms with Crippen molar-refractivity contribution in [2.45, 2.75) is 83.8 Å². The molecule has 58 heavy (non-hydrogen) atoms. The van der Waals surface area contributed by atoms with E-state index < -0.39 is 50.0 Å². The zero-order valence-electron chi connectivity index (χ0n) is 34.5. The lowest BCUT2D eigenvalue weighted by molar-refractivity contribution is -0.166. The largest absolute Gasteiger partial charge is 0.481 e. The maximum Gasteiger partial charge on any atom is 0.406 e. The monoisotopic (exact) mass is 815 g/mol. The number of fused-ring (bicyclic) bond motifs is 1. The summed E-state index contributed by atoms with van der Waals surface area (Å²) in [6.07, 6.45) is -1.23. The van der Waals surface area contributed by atoms with Gasteiger partial charge in [0.25, 0.3) is 8.32 Å². The molecule has 0 radical (unpaired) electrons. The third-order valence-corrected chi connectivity index (χ3v) is 16.7. The number of benzene rings is 3. The summed E-state index contributed by atoms with van der Waals surface area (Å²) >= 11 is 0. The molecule has 3 atom stereocenters. The summed E-state index contributed by atoms with van der Waals surface area (Å²) in [6, 6.07) is 29.5. The summed E-state index contributed by atoms with van der Waals surface area (Å²) < 4.78 is 63.7. The first kappa shape index (κ1) is 43.3. The molecule has 2 aromatic heterocycles. The molecule has 3 aromatic carbocycles. The number of nitrogens with one attached hydrogen (secondary N) is 1. The Morgan fingerprint density at radius 1 is 0.983 bits per heavy atom. The summed E-state index contributed by atoms with van der Waals surface area (Å²) in [5.41, 5.74) is 0.590. The number of alkyl halides is 3. The van der Waals surface area contributed by atoms with Crippen molar-refractivity contribution in [1.82, 2.24) is 14.9 Å². The molecule has 6 rings (SSSR count). The van der Waals surface area contributed by atoms with Gasteiger partial charge in [-0.1, -0.05) is 101 Å². The third kappa shape index (κ3) is 8.67. The Labute approximate surface area is 340 Å². The molecular formula is C46H56F3N3O5Si. The third-order valence-electron chi connectivity index (χ3n) is 11.7. The van der Waals surface area contributed by atoms with Crippen LogP contribution in [-0.2, 0) is 30.8 Å². The van der Waals surface area contributed by atoms with Crippen molar-refractivity contribution in [3.63, 3.8) is 0 Å². The average Bonchev–Trinajstić information content (AvgIpc) is 3.50. The highest BCUT2D eigenvalue weighted by atomic mass is 28.4. The van der Waals surface area contributed by atoms with Gasteiger partial charge in [0.15, 0.2) is 0 Å². The van der Waals surface area contributed by atoms with E-state index >= 15 is 0 Å². The molecule has 12 heteroatoms. The van der Waals surface area contributed by atoms with Crippen LogP contribution < -0.4 is 15.7 Å². The molecule has 1 aliphatic rings. The molecule has 1 fully saturated rings. The van der Waals surface area contributed by atoms with Gasteiger partial charge >= 0.3 is 12.1 Å². The van der Waals surface area contributed by atoms with Crippen LogP contribution in [0.5, 0.6) is 0 Å². The Hall–Kier alpha value is -4.33. The van der Waals surface area contributed by atoms with E-state index in [9.17, 15) is 23.1 Å². The number of methoxy groups -OCH3 is 1. The van der Waals surface area contributed by atoms with Crippen molar-refractivity contribution in [2.75, 3.05) is 33.4 Å². The Balaban J connectivity index is 1.39. The molecule has 0 saturated carbocycles. The smallest absolute Gasteiger partial charge is 0.406 e. The van der Waals surface area contributed by atoms with Gasteiger partial charge in [-0.05, 0) is 70.4 Å². The first-order chi connectivity index (χ1) is 27.4. The van der Waals surface area contributed by atoms with Gasteiger partial charge in [-0.3, -0.25) is 9.78 Å². The van der Waals surface area contributed by atoms with Crippen LogP contribution in [0.25, 0.3) is 22.2 Å². The van der Waals surface area contributed by atoms with Crippen molar-refractivity contribution < 1.29 is 37.0 Å². The van der Waals surface area contributed by atoms with Crippen molar-refractivity contribution in [3.8, 4) is 11.3 Å². The first-order valence-electron chi connectivity index (χ1n) is 19.9. The summed E-state index contributed by atoms with van der Waals surface area (Å²) in [5, 5.41) is 17.1. The Bertz CT molecular complexity index is 2110. The highest BCUT2D eigenvalue weighted by Gasteiger charge is 2.52. The zero-order chi connectivity index (χ0) is 41.9. The van der Waals surface area contributed by atoms with Gasteiger partial charge in [-0.15, -0.1) is 0 Å². The van der Waals surface area contributed by atoms with Crippen molar-refractivity contribution in [1.29, 1.82) is 0 Å². The Kier molecular flexibility index (Phi) is 12.8. The Morgan fingerprint density at radius 2 is 1.64 bits per heavy atom. The number of carboxylic acids is 1. The number of rotatable bonds is 15. The second-order valence-electron chi connectivity index (χ2n) is 17.3. The van der Waals surface area contributed by atoms with Gasteiger partial charge in [-0.25, -0.2) is 0 Å². The van der Waals surface area contributed by atoms with Crippen LogP contribution in [0.2, 0.25) is 5.04 Å². The van der Waals surface area contributed by atoms with Gasteiger partial charge < -0.3 is 28.9 Å². The van der Waals surface area contributed by atoms with Crippen LogP contribution in [0.3, 0.4) is 0 Å². The average molecular weight is 816 g/mol. The molecule has 0 amide bonds. The van der Waals surface area contributed by atoms with Crippen LogP contribution in [-0.4, -0.2) is 68.5 Å². The Morgan fingerprint density at radius 3 is 2.16 bits per heavy atom. The van der Waals surface area contributed by atoms with Gasteiger partial charge in [0.2, 0.25) is 0 Å². The summed E-state index contributed by atoms with van der Waals surface area (Å²) in [7, 11) is -1.34. The molecule has 1 saturated heterocycles. The molecule has 2 N–H and O–H groups in total. The number of halogens is 3. The number of hydrogen-bond acceptors (Lipinski definition) is 6. The SMILES string of the molecule is COC(C)c1c(-c2cccnc2)n(CC(F)(F)F)c2ccc(C3(C(CCC(C)(C)CO[Si](c4ccccc4)(c4ccccc4)C(C)(C)C)C(=O)O)CNCCO3)cc12. The number of hydrogen-bond donors (Lipinski definition) is 2. The molecule has 3 heterocycles. The fraction of sp³-hybridized carbons (Fsp3) is 0.435. The molecule has 0 spiro atoms. The zero-order valence-corrected chi connectivity index (χ0v) is 35.5. The highest BCUT2D eigenvalue weighted by molar-refractivity contribution is 6.99. The number of morpholine rings is 1. The molecule has 8 nitrogen and oxygen atoms in total. The summed E-state index contributed by atoms with van der Waals surface area (Å²) in [4.78, 5) is 17.7. The first-order valence-corrected chi connectivity index (χ1v) is 21.8. The van der Waals surface area contributed by atoms with Crippen molar-refractivity contribution in [2.24, 2.45) is 11.3 Å². The predicted molar refractivity (Wildman–Crippen MR) is 225 cm³/mol. The number of aliphatic carboxylic acids is 1. The molecule has 5 aromatic rings. The van der Waals surface area contributed by atoms with E-state index in [0.29, 0.717) is 52.9 Å². The van der Waals surface area contributed by atoms with Gasteiger partial charge in [0, 0.05) is 61.2 Å². The number of aromatic nitrogens is 2. The van der Waals surface area contributed by atoms with Gasteiger partial charge in [0.05, 0.1) is 24.3 Å². The number of carboxylic acid groups (broad SMARTS) is 1. The van der Waals surface area contributed by atoms with Crippen LogP contribution >= 0.6 is 0 Å². The fourth-order valence-electron chi connectivity index (χ4n) is 8.80. The van der Waals surface area contributed by atoms with Crippen molar-refractivity contribution >= 4 is 35.6 Å². The molecule has 3 unspecified atom stereocenters. The lowest BCUT2D eigenvalue weighted by atomic mass is 9.74. The molecule has 0 bridgehead atoms. The fourth-order valence-corrected chi connectivity index (χ4v) is 13.6. The number of nitrogens with zero attached hydrogens (tertiary/aromatic N) is 2. The molecule has 0 aliphatic carbocycles. The predicted octanol–water partition coefficient (Wildman–Crippen LogP) is 8.87. The standard InChI is InChI=1S/C46H56F3N3O5Si/c1-32(55-7)40-37-27-34(20-21-39(37)52(30-46(47,48)49)41(40)33-15-14-24-50-28-33)45(29-51-25-26-56-45)38(42(53)54)22-23-44(5,6)31-57-58(43(2,3)4,35-16-10-8-11-17-35)36-18-12-9-13-19-36/h8-21,24,27-28,32,38,51H,22-23,25-26,29-31H2,1-7H3,(H,53,54). The summed E-state index contributed by atoms with van der Waals surface area (Å²) in [5.74, 6) is -2.01. The van der Waals surface area contributed by atoms with E-state index in [2.05, 4.69) is 93.5 Å². The minimum atomic E-state index is -4.52. The second kappa shape index (κ2) is 17.1. The van der Waals surface area contributed by atoms with Crippen LogP contribution in [0, 0.1) is 11.3 Å². The second-order valence-corrected chi connectivity index (χ2v) is 21.6. The number of ether oxygens (including phenoxy) is 2. The van der Waals surface area contributed by atoms with E-state index in [-0.39, 0.29) is 24.6 Å². The quantitative estimate of drug-likeness (QED) is 0.102. The minimum absolute atomic E-state index is 0.211. The van der Waals surface area contributed by atoms with Gasteiger partial charge in [-0.2, -0.15) is 13.2 Å². The van der Waals surface area contributed by atoms with E-state index in [1.807, 2.05) is 18.2 Å². The van der Waals surface area contributed by atoms with E-state index in [1.54, 1.807) is 43.6 Å². The van der Waals surface area contributed by atoms with Crippen LogP contribution in [0.4, 0.5) is 13.2 Å². The highest BCUT2D eigenvalue weighted by Crippen LogP contribution is 2.46. The lowest BCUT2D eigenvalue weighted by Crippen LogP contribution is -2.67. The number of carbonyl (C=O) groups is 1. The van der Waals surface area contributed by atoms with Crippen LogP contribution in [0.15, 0.2) is 103 Å². The topological polar surface area (TPSA) is 94.8 Å². The maximum atomic E-state index is 14.2. The van der Waals surface area contributed by atoms with Crippen molar-refractivity contribution in [3.05, 3.63) is 115 Å². The summed E-state index contributed by atoms with van der Waals surface area (Å²) in [6.45, 7) is 12.9. The minimum Gasteiger partial charge on any atom is -0.481 e. The van der Waals surface area contributed by atoms with E-state index in [1.165, 1.54) is 22.1 Å². The molecular weight excluding hydrogens is 760 g/mol. The molecule has 310 valence electrons. The number of pyridine rings is 1. The lowest BCUT2D eigenvalue weighted by Gasteiger charge is -2.45. The van der Waals surface area contributed by atoms with E-state index in [4.69, 9.17) is 13.9 Å². The van der Waals surface area contributed by atoms with Gasteiger partial charge in [0.1, 0.15) is 12.1 Å². The molecule has 1 aliphatic heterocycles. The van der Waals surface area contributed by atoms with Crippen LogP contribution in [0.1, 0.15) is 71.6 Å².